The minimum atomic E-state index is -4.34. The van der Waals surface area contributed by atoms with E-state index in [1.54, 1.807) is 7.05 Å². The molecule has 0 aliphatic carbocycles. The van der Waals surface area contributed by atoms with Gasteiger partial charge in [-0.1, -0.05) is 24.3 Å². The summed E-state index contributed by atoms with van der Waals surface area (Å²) in [5, 5.41) is 6.25. The van der Waals surface area contributed by atoms with Gasteiger partial charge in [-0.3, -0.25) is 9.79 Å². The first kappa shape index (κ1) is 26.0. The Morgan fingerprint density at radius 3 is 1.88 bits per heavy atom. The standard InChI is InChI=1S/C23H27F3N4O.HI/c1-27-22(29-16-18-7-11-20(12-8-18)23(24,25)26)28-15-17-5-9-19(10-6-17)21(31)30-13-3-2-4-14-30;/h5-12H,2-4,13-16H2,1H3,(H2,27,28,29);1H. The number of amides is 1. The molecule has 1 heterocycles. The summed E-state index contributed by atoms with van der Waals surface area (Å²) in [6.07, 6.45) is -1.03. The Morgan fingerprint density at radius 2 is 1.41 bits per heavy atom. The lowest BCUT2D eigenvalue weighted by molar-refractivity contribution is -0.137. The van der Waals surface area contributed by atoms with Gasteiger partial charge in [-0.15, -0.1) is 24.0 Å². The molecule has 32 heavy (non-hydrogen) atoms. The number of guanidine groups is 1. The van der Waals surface area contributed by atoms with Crippen LogP contribution >= 0.6 is 24.0 Å². The van der Waals surface area contributed by atoms with Gasteiger partial charge in [0.15, 0.2) is 5.96 Å². The molecule has 3 rings (SSSR count). The first-order valence-electron chi connectivity index (χ1n) is 10.4. The van der Waals surface area contributed by atoms with E-state index in [-0.39, 0.29) is 29.9 Å². The molecule has 1 saturated heterocycles. The number of alkyl halides is 3. The third-order valence-corrected chi connectivity index (χ3v) is 5.27. The molecule has 0 atom stereocenters. The van der Waals surface area contributed by atoms with Crippen LogP contribution in [0.15, 0.2) is 53.5 Å². The molecule has 0 radical (unpaired) electrons. The summed E-state index contributed by atoms with van der Waals surface area (Å²) in [6.45, 7) is 2.50. The number of nitrogens with one attached hydrogen (secondary N) is 2. The van der Waals surface area contributed by atoms with Crippen LogP contribution in [0.4, 0.5) is 13.2 Å². The number of nitrogens with zero attached hydrogens (tertiary/aromatic N) is 2. The normalized spacial score (nSPS) is 14.5. The van der Waals surface area contributed by atoms with Gasteiger partial charge in [0.05, 0.1) is 5.56 Å². The van der Waals surface area contributed by atoms with Crippen LogP contribution in [-0.4, -0.2) is 36.9 Å². The van der Waals surface area contributed by atoms with Crippen molar-refractivity contribution < 1.29 is 18.0 Å². The van der Waals surface area contributed by atoms with E-state index in [1.165, 1.54) is 18.6 Å². The van der Waals surface area contributed by atoms with Crippen molar-refractivity contribution in [3.05, 3.63) is 70.8 Å². The summed E-state index contributed by atoms with van der Waals surface area (Å²) in [5.41, 5.74) is 1.74. The molecule has 1 fully saturated rings. The molecule has 1 amide bonds. The Bertz CT molecular complexity index is 893. The summed E-state index contributed by atoms with van der Waals surface area (Å²) >= 11 is 0. The molecule has 1 aliphatic heterocycles. The number of hydrogen-bond donors (Lipinski definition) is 2. The Labute approximate surface area is 203 Å². The van der Waals surface area contributed by atoms with E-state index >= 15 is 0 Å². The van der Waals surface area contributed by atoms with Crippen molar-refractivity contribution in [3.8, 4) is 0 Å². The largest absolute Gasteiger partial charge is 0.416 e. The van der Waals surface area contributed by atoms with Crippen LogP contribution in [0.1, 0.15) is 46.3 Å². The Hall–Kier alpha value is -2.30. The highest BCUT2D eigenvalue weighted by molar-refractivity contribution is 14.0. The monoisotopic (exact) mass is 560 g/mol. The zero-order chi connectivity index (χ0) is 22.3. The van der Waals surface area contributed by atoms with Gasteiger partial charge in [-0.25, -0.2) is 0 Å². The summed E-state index contributed by atoms with van der Waals surface area (Å²) in [6, 6.07) is 12.5. The van der Waals surface area contributed by atoms with Gasteiger partial charge < -0.3 is 15.5 Å². The zero-order valence-electron chi connectivity index (χ0n) is 17.9. The molecule has 0 aromatic heterocycles. The van der Waals surface area contributed by atoms with Gasteiger partial charge in [-0.2, -0.15) is 13.2 Å². The third-order valence-electron chi connectivity index (χ3n) is 5.27. The van der Waals surface area contributed by atoms with E-state index in [0.717, 1.165) is 49.2 Å². The second kappa shape index (κ2) is 12.1. The fourth-order valence-corrected chi connectivity index (χ4v) is 3.45. The van der Waals surface area contributed by atoms with E-state index in [1.807, 2.05) is 29.2 Å². The molecule has 1 aliphatic rings. The second-order valence-corrected chi connectivity index (χ2v) is 7.52. The molecule has 0 bridgehead atoms. The summed E-state index contributed by atoms with van der Waals surface area (Å²) in [5.74, 6) is 0.613. The van der Waals surface area contributed by atoms with Crippen LogP contribution in [0.25, 0.3) is 0 Å². The Kier molecular flexibility index (Phi) is 9.80. The SMILES string of the molecule is CN=C(NCc1ccc(C(=O)N2CCCCC2)cc1)NCc1ccc(C(F)(F)F)cc1.I. The molecule has 0 saturated carbocycles. The van der Waals surface area contributed by atoms with Crippen LogP contribution < -0.4 is 10.6 Å². The van der Waals surface area contributed by atoms with Crippen molar-refractivity contribution in [1.82, 2.24) is 15.5 Å². The lowest BCUT2D eigenvalue weighted by Crippen LogP contribution is -2.36. The molecule has 5 nitrogen and oxygen atoms in total. The molecule has 9 heteroatoms. The van der Waals surface area contributed by atoms with Gasteiger partial charge in [0, 0.05) is 38.8 Å². The van der Waals surface area contributed by atoms with Crippen molar-refractivity contribution in [2.24, 2.45) is 4.99 Å². The minimum absolute atomic E-state index is 0. The predicted octanol–water partition coefficient (Wildman–Crippen LogP) is 4.81. The maximum atomic E-state index is 12.6. The molecule has 0 spiro atoms. The molecule has 2 N–H and O–H groups in total. The number of carbonyl (C=O) groups excluding carboxylic acids is 1. The highest BCUT2D eigenvalue weighted by Gasteiger charge is 2.29. The van der Waals surface area contributed by atoms with Gasteiger partial charge in [-0.05, 0) is 54.7 Å². The van der Waals surface area contributed by atoms with Crippen LogP contribution in [0, 0.1) is 0 Å². The Morgan fingerprint density at radius 1 is 0.906 bits per heavy atom. The number of likely N-dealkylation sites (tertiary alicyclic amines) is 1. The summed E-state index contributed by atoms with van der Waals surface area (Å²) in [7, 11) is 1.63. The minimum Gasteiger partial charge on any atom is -0.352 e. The first-order valence-corrected chi connectivity index (χ1v) is 10.4. The third kappa shape index (κ3) is 7.39. The van der Waals surface area contributed by atoms with E-state index in [9.17, 15) is 18.0 Å². The lowest BCUT2D eigenvalue weighted by atomic mass is 10.1. The number of benzene rings is 2. The van der Waals surface area contributed by atoms with E-state index in [2.05, 4.69) is 15.6 Å². The van der Waals surface area contributed by atoms with E-state index in [0.29, 0.717) is 24.6 Å². The van der Waals surface area contributed by atoms with Gasteiger partial charge in [0.1, 0.15) is 0 Å². The summed E-state index contributed by atoms with van der Waals surface area (Å²) < 4.78 is 37.9. The predicted molar refractivity (Wildman–Crippen MR) is 130 cm³/mol. The molecular formula is C23H28F3IN4O. The molecule has 2 aromatic carbocycles. The van der Waals surface area contributed by atoms with Gasteiger partial charge in [0.2, 0.25) is 0 Å². The average molecular weight is 560 g/mol. The van der Waals surface area contributed by atoms with Crippen molar-refractivity contribution in [2.45, 2.75) is 38.5 Å². The lowest BCUT2D eigenvalue weighted by Gasteiger charge is -2.26. The molecule has 0 unspecified atom stereocenters. The van der Waals surface area contributed by atoms with Gasteiger partial charge >= 0.3 is 6.18 Å². The maximum Gasteiger partial charge on any atom is 0.416 e. The molecule has 174 valence electrons. The average Bonchev–Trinajstić information content (AvgIpc) is 2.79. The summed E-state index contributed by atoms with van der Waals surface area (Å²) in [4.78, 5) is 18.6. The quantitative estimate of drug-likeness (QED) is 0.314. The number of aliphatic imine (C=N–C) groups is 1. The van der Waals surface area contributed by atoms with Crippen LogP contribution in [0.3, 0.4) is 0 Å². The van der Waals surface area contributed by atoms with Crippen molar-refractivity contribution in [3.63, 3.8) is 0 Å². The number of piperidine rings is 1. The number of halogens is 4. The highest BCUT2D eigenvalue weighted by atomic mass is 127. The topological polar surface area (TPSA) is 56.7 Å². The van der Waals surface area contributed by atoms with E-state index < -0.39 is 11.7 Å². The number of carbonyl (C=O) groups is 1. The van der Waals surface area contributed by atoms with Crippen molar-refractivity contribution >= 4 is 35.8 Å². The fourth-order valence-electron chi connectivity index (χ4n) is 3.45. The second-order valence-electron chi connectivity index (χ2n) is 7.52. The number of hydrogen-bond acceptors (Lipinski definition) is 2. The van der Waals surface area contributed by atoms with Crippen LogP contribution in [0.5, 0.6) is 0 Å². The highest BCUT2D eigenvalue weighted by Crippen LogP contribution is 2.29. The zero-order valence-corrected chi connectivity index (χ0v) is 20.2. The van der Waals surface area contributed by atoms with Crippen LogP contribution in [0.2, 0.25) is 0 Å². The Balaban J connectivity index is 0.00000363. The van der Waals surface area contributed by atoms with Crippen molar-refractivity contribution in [2.75, 3.05) is 20.1 Å². The smallest absolute Gasteiger partial charge is 0.352 e. The first-order chi connectivity index (χ1) is 14.9. The number of rotatable bonds is 5. The molecular weight excluding hydrogens is 532 g/mol. The van der Waals surface area contributed by atoms with Crippen LogP contribution in [-0.2, 0) is 19.3 Å². The van der Waals surface area contributed by atoms with Gasteiger partial charge in [0.25, 0.3) is 5.91 Å². The van der Waals surface area contributed by atoms with Crippen molar-refractivity contribution in [1.29, 1.82) is 0 Å². The molecule has 2 aromatic rings. The van der Waals surface area contributed by atoms with E-state index in [4.69, 9.17) is 0 Å². The maximum absolute atomic E-state index is 12.6. The fraction of sp³-hybridized carbons (Fsp3) is 0.391.